The topological polar surface area (TPSA) is 63.2 Å². The first-order valence-electron chi connectivity index (χ1n) is 8.75. The van der Waals surface area contributed by atoms with Crippen LogP contribution in [0, 0.1) is 0 Å². The molecule has 3 aliphatic heterocycles. The van der Waals surface area contributed by atoms with E-state index in [1.54, 1.807) is 0 Å². The minimum Gasteiger partial charge on any atom is -0.430 e. The molecule has 0 radical (unpaired) electrons. The molecule has 0 amide bonds. The van der Waals surface area contributed by atoms with E-state index in [9.17, 15) is 4.79 Å². The van der Waals surface area contributed by atoms with Gasteiger partial charge in [-0.1, -0.05) is 20.8 Å². The van der Waals surface area contributed by atoms with E-state index in [4.69, 9.17) is 23.4 Å². The zero-order valence-electron chi connectivity index (χ0n) is 15.8. The van der Waals surface area contributed by atoms with Crippen LogP contribution in [0.3, 0.4) is 0 Å². The van der Waals surface area contributed by atoms with Gasteiger partial charge >= 0.3 is 5.97 Å². The fourth-order valence-corrected chi connectivity index (χ4v) is 4.63. The molecule has 3 aliphatic rings. The van der Waals surface area contributed by atoms with Gasteiger partial charge in [-0.25, -0.2) is 0 Å². The molecular formula is C17H30O6Si. The van der Waals surface area contributed by atoms with E-state index >= 15 is 0 Å². The fourth-order valence-electron chi connectivity index (χ4n) is 3.33. The second-order valence-corrected chi connectivity index (χ2v) is 13.8. The maximum atomic E-state index is 11.8. The lowest BCUT2D eigenvalue weighted by Crippen LogP contribution is -2.64. The summed E-state index contributed by atoms with van der Waals surface area (Å²) in [6.45, 7) is 15.0. The Labute approximate surface area is 145 Å². The molecule has 3 heterocycles. The molecule has 4 atom stereocenters. The third kappa shape index (κ3) is 3.05. The van der Waals surface area contributed by atoms with Crippen molar-refractivity contribution >= 4 is 14.3 Å². The lowest BCUT2D eigenvalue weighted by Gasteiger charge is -2.48. The van der Waals surface area contributed by atoms with E-state index in [-0.39, 0.29) is 23.2 Å². The summed E-state index contributed by atoms with van der Waals surface area (Å²) in [5.74, 6) is -1.98. The Balaban J connectivity index is 1.93. The van der Waals surface area contributed by atoms with Crippen LogP contribution in [0.15, 0.2) is 0 Å². The molecule has 138 valence electrons. The highest BCUT2D eigenvalue weighted by Gasteiger charge is 2.63. The SMILES string of the molecule is CC1(C)OC2[C@@H](CO[C@]3(CCC(=O)O3)[C@H]2O[Si](C)(C)C(C)(C)C)O1. The predicted octanol–water partition coefficient (Wildman–Crippen LogP) is 2.96. The second kappa shape index (κ2) is 5.51. The van der Waals surface area contributed by atoms with E-state index in [1.807, 2.05) is 13.8 Å². The first-order valence-corrected chi connectivity index (χ1v) is 11.7. The third-order valence-electron chi connectivity index (χ3n) is 5.64. The first kappa shape index (κ1) is 18.3. The average molecular weight is 359 g/mol. The van der Waals surface area contributed by atoms with Crippen molar-refractivity contribution in [1.29, 1.82) is 0 Å². The van der Waals surface area contributed by atoms with Gasteiger partial charge in [-0.15, -0.1) is 0 Å². The summed E-state index contributed by atoms with van der Waals surface area (Å²) in [6, 6.07) is 0. The van der Waals surface area contributed by atoms with Gasteiger partial charge in [0.2, 0.25) is 5.79 Å². The molecule has 0 bridgehead atoms. The highest BCUT2D eigenvalue weighted by Crippen LogP contribution is 2.48. The van der Waals surface area contributed by atoms with Crippen molar-refractivity contribution in [3.63, 3.8) is 0 Å². The van der Waals surface area contributed by atoms with E-state index < -0.39 is 26.0 Å². The highest BCUT2D eigenvalue weighted by atomic mass is 28.4. The van der Waals surface area contributed by atoms with Crippen molar-refractivity contribution in [1.82, 2.24) is 0 Å². The standard InChI is InChI=1S/C17H30O6Si/c1-15(2,3)24(6,7)23-14-13-11(20-16(4,5)22-13)10-19-17(14)9-8-12(18)21-17/h11,13-14H,8-10H2,1-7H3/t11-,13?,14+,17+/m1/s1. The number of hydrogen-bond acceptors (Lipinski definition) is 6. The molecule has 0 aromatic rings. The van der Waals surface area contributed by atoms with Crippen molar-refractivity contribution in [2.24, 2.45) is 0 Å². The summed E-state index contributed by atoms with van der Waals surface area (Å²) in [5.41, 5.74) is 0. The number of rotatable bonds is 2. The van der Waals surface area contributed by atoms with Crippen LogP contribution in [0.5, 0.6) is 0 Å². The molecule has 0 saturated carbocycles. The molecule has 1 unspecified atom stereocenters. The van der Waals surface area contributed by atoms with Gasteiger partial charge in [0.05, 0.1) is 13.0 Å². The molecule has 3 rings (SSSR count). The molecule has 24 heavy (non-hydrogen) atoms. The Bertz CT molecular complexity index is 526. The Hall–Kier alpha value is -0.473. The fraction of sp³-hybridized carbons (Fsp3) is 0.941. The van der Waals surface area contributed by atoms with E-state index in [1.165, 1.54) is 0 Å². The summed E-state index contributed by atoms with van der Waals surface area (Å²) in [6.07, 6.45) is -0.129. The number of esters is 1. The van der Waals surface area contributed by atoms with Crippen LogP contribution in [0.25, 0.3) is 0 Å². The summed E-state index contributed by atoms with van der Waals surface area (Å²) in [5, 5.41) is 0.0265. The smallest absolute Gasteiger partial charge is 0.308 e. The molecule has 3 saturated heterocycles. The van der Waals surface area contributed by atoms with Crippen LogP contribution in [-0.4, -0.2) is 50.8 Å². The number of ether oxygens (including phenoxy) is 4. The number of hydrogen-bond donors (Lipinski definition) is 0. The predicted molar refractivity (Wildman–Crippen MR) is 89.9 cm³/mol. The summed E-state index contributed by atoms with van der Waals surface area (Å²) in [7, 11) is -2.12. The summed E-state index contributed by atoms with van der Waals surface area (Å²) in [4.78, 5) is 11.8. The van der Waals surface area contributed by atoms with E-state index in [0.717, 1.165) is 0 Å². The average Bonchev–Trinajstić information content (AvgIpc) is 2.92. The molecular weight excluding hydrogens is 328 g/mol. The second-order valence-electron chi connectivity index (χ2n) is 9.03. The van der Waals surface area contributed by atoms with Crippen molar-refractivity contribution in [3.8, 4) is 0 Å². The third-order valence-corrected chi connectivity index (χ3v) is 10.1. The van der Waals surface area contributed by atoms with Gasteiger partial charge in [-0.05, 0) is 32.0 Å². The van der Waals surface area contributed by atoms with Crippen molar-refractivity contribution in [2.45, 2.75) is 95.5 Å². The van der Waals surface area contributed by atoms with Crippen LogP contribution in [0.4, 0.5) is 0 Å². The van der Waals surface area contributed by atoms with Crippen LogP contribution in [-0.2, 0) is 28.2 Å². The Morgan fingerprint density at radius 1 is 1.21 bits per heavy atom. The lowest BCUT2D eigenvalue weighted by atomic mass is 9.95. The summed E-state index contributed by atoms with van der Waals surface area (Å²) < 4.78 is 30.4. The van der Waals surface area contributed by atoms with E-state index in [2.05, 4.69) is 33.9 Å². The van der Waals surface area contributed by atoms with Crippen LogP contribution < -0.4 is 0 Å². The molecule has 1 spiro atoms. The largest absolute Gasteiger partial charge is 0.430 e. The zero-order chi connectivity index (χ0) is 18.0. The lowest BCUT2D eigenvalue weighted by molar-refractivity contribution is -0.295. The molecule has 7 heteroatoms. The van der Waals surface area contributed by atoms with Crippen LogP contribution >= 0.6 is 0 Å². The van der Waals surface area contributed by atoms with Crippen LogP contribution in [0.1, 0.15) is 47.5 Å². The van der Waals surface area contributed by atoms with Crippen molar-refractivity contribution in [2.75, 3.05) is 6.61 Å². The monoisotopic (exact) mass is 358 g/mol. The maximum absolute atomic E-state index is 11.8. The van der Waals surface area contributed by atoms with Crippen molar-refractivity contribution in [3.05, 3.63) is 0 Å². The maximum Gasteiger partial charge on any atom is 0.308 e. The highest BCUT2D eigenvalue weighted by molar-refractivity contribution is 6.74. The number of fused-ring (bicyclic) bond motifs is 1. The van der Waals surface area contributed by atoms with Gasteiger partial charge in [0, 0.05) is 6.42 Å². The first-order chi connectivity index (χ1) is 10.9. The number of carbonyl (C=O) groups excluding carboxylic acids is 1. The molecule has 0 aromatic carbocycles. The van der Waals surface area contributed by atoms with Gasteiger partial charge in [0.1, 0.15) is 18.3 Å². The molecule has 6 nitrogen and oxygen atoms in total. The zero-order valence-corrected chi connectivity index (χ0v) is 16.8. The molecule has 0 aromatic heterocycles. The minimum atomic E-state index is -2.12. The van der Waals surface area contributed by atoms with Gasteiger partial charge in [0.25, 0.3) is 0 Å². The van der Waals surface area contributed by atoms with Gasteiger partial charge in [-0.3, -0.25) is 4.79 Å². The van der Waals surface area contributed by atoms with Gasteiger partial charge < -0.3 is 23.4 Å². The van der Waals surface area contributed by atoms with E-state index in [0.29, 0.717) is 19.4 Å². The van der Waals surface area contributed by atoms with Gasteiger partial charge in [-0.2, -0.15) is 0 Å². The summed E-state index contributed by atoms with van der Waals surface area (Å²) >= 11 is 0. The number of carbonyl (C=O) groups is 1. The Kier molecular flexibility index (Phi) is 4.21. The molecule has 3 fully saturated rings. The van der Waals surface area contributed by atoms with Crippen molar-refractivity contribution < 1.29 is 28.2 Å². The Morgan fingerprint density at radius 3 is 2.42 bits per heavy atom. The van der Waals surface area contributed by atoms with Crippen LogP contribution in [0.2, 0.25) is 18.1 Å². The quantitative estimate of drug-likeness (QED) is 0.559. The Morgan fingerprint density at radius 2 is 1.88 bits per heavy atom. The minimum absolute atomic E-state index is 0.0265. The molecule has 0 N–H and O–H groups in total. The van der Waals surface area contributed by atoms with Gasteiger partial charge in [0.15, 0.2) is 14.1 Å². The normalized spacial score (nSPS) is 39.1. The molecule has 0 aliphatic carbocycles.